The lowest BCUT2D eigenvalue weighted by Crippen LogP contribution is -2.39. The first-order chi connectivity index (χ1) is 14.9. The molecule has 0 unspecified atom stereocenters. The lowest BCUT2D eigenvalue weighted by atomic mass is 10.1. The summed E-state index contributed by atoms with van der Waals surface area (Å²) < 4.78 is 25.3. The molecule has 1 N–H and O–H groups in total. The van der Waals surface area contributed by atoms with Crippen molar-refractivity contribution in [2.24, 2.45) is 5.92 Å². The van der Waals surface area contributed by atoms with Gasteiger partial charge in [0.05, 0.1) is 23.4 Å². The van der Waals surface area contributed by atoms with Gasteiger partial charge in [0.1, 0.15) is 5.65 Å². The number of carbonyl (C=O) groups is 1. The fourth-order valence-electron chi connectivity index (χ4n) is 4.02. The number of imidazole rings is 1. The highest BCUT2D eigenvalue weighted by molar-refractivity contribution is 7.91. The molecule has 1 saturated carbocycles. The molecule has 1 aliphatic carbocycles. The minimum absolute atomic E-state index is 0.0532. The fraction of sp³-hybridized carbons (Fsp3) is 0.391. The fourth-order valence-corrected chi connectivity index (χ4v) is 5.29. The number of nitrogens with zero attached hydrogens (tertiary/aromatic N) is 3. The molecule has 2 aliphatic rings. The standard InChI is InChI=1S/C23H26N4O3S/c1-16-2-9-20(27-15-21(24-22(16)27)25-23(28)19-7-8-19)18-5-3-17(4-6-18)14-26-10-12-31(29,30)13-11-26/h2-6,9,15,19H,7-8,10-14H2,1H3,(H,25,28). The predicted molar refractivity (Wildman–Crippen MR) is 121 cm³/mol. The molecule has 0 radical (unpaired) electrons. The van der Waals surface area contributed by atoms with Crippen molar-refractivity contribution in [3.05, 3.63) is 53.7 Å². The Hall–Kier alpha value is -2.71. The Kier molecular flexibility index (Phi) is 5.06. The van der Waals surface area contributed by atoms with E-state index in [2.05, 4.69) is 45.5 Å². The van der Waals surface area contributed by atoms with Crippen LogP contribution in [0.15, 0.2) is 42.6 Å². The molecular formula is C23H26N4O3S. The van der Waals surface area contributed by atoms with Crippen LogP contribution in [0.25, 0.3) is 16.9 Å². The first kappa shape index (κ1) is 20.2. The summed E-state index contributed by atoms with van der Waals surface area (Å²) in [6.07, 6.45) is 3.81. The second-order valence-corrected chi connectivity index (χ2v) is 10.9. The number of amides is 1. The maximum Gasteiger partial charge on any atom is 0.228 e. The Morgan fingerprint density at radius 1 is 1.10 bits per heavy atom. The number of carbonyl (C=O) groups excluding carboxylic acids is 1. The second kappa shape index (κ2) is 7.76. The molecule has 162 valence electrons. The van der Waals surface area contributed by atoms with Crippen molar-refractivity contribution in [2.45, 2.75) is 26.3 Å². The van der Waals surface area contributed by atoms with E-state index in [4.69, 9.17) is 0 Å². The Morgan fingerprint density at radius 3 is 2.48 bits per heavy atom. The molecular weight excluding hydrogens is 412 g/mol. The lowest BCUT2D eigenvalue weighted by Gasteiger charge is -2.26. The number of hydrogen-bond acceptors (Lipinski definition) is 5. The smallest absolute Gasteiger partial charge is 0.228 e. The number of nitrogens with one attached hydrogen (secondary N) is 1. The number of aryl methyl sites for hydroxylation is 1. The van der Waals surface area contributed by atoms with E-state index in [1.165, 1.54) is 0 Å². The maximum absolute atomic E-state index is 12.1. The molecule has 1 amide bonds. The first-order valence-corrected chi connectivity index (χ1v) is 12.5. The van der Waals surface area contributed by atoms with Crippen LogP contribution in [0.4, 0.5) is 5.82 Å². The topological polar surface area (TPSA) is 83.8 Å². The quantitative estimate of drug-likeness (QED) is 0.662. The summed E-state index contributed by atoms with van der Waals surface area (Å²) in [7, 11) is -2.86. The van der Waals surface area contributed by atoms with E-state index in [9.17, 15) is 13.2 Å². The summed E-state index contributed by atoms with van der Waals surface area (Å²) in [6, 6.07) is 12.5. The Morgan fingerprint density at radius 2 is 1.81 bits per heavy atom. The van der Waals surface area contributed by atoms with Gasteiger partial charge in [0, 0.05) is 25.6 Å². The van der Waals surface area contributed by atoms with Gasteiger partial charge in [-0.05, 0) is 42.5 Å². The largest absolute Gasteiger partial charge is 0.309 e. The van der Waals surface area contributed by atoms with Gasteiger partial charge in [-0.15, -0.1) is 0 Å². The number of anilines is 1. The van der Waals surface area contributed by atoms with Gasteiger partial charge in [-0.3, -0.25) is 14.1 Å². The SMILES string of the molecule is Cc1ccc(-c2ccc(CN3CCS(=O)(=O)CC3)cc2)n2cc(NC(=O)C3CC3)nc12. The van der Waals surface area contributed by atoms with Crippen LogP contribution in [0.5, 0.6) is 0 Å². The van der Waals surface area contributed by atoms with E-state index >= 15 is 0 Å². The average molecular weight is 439 g/mol. The number of aromatic nitrogens is 2. The summed E-state index contributed by atoms with van der Waals surface area (Å²) in [5.74, 6) is 1.26. The first-order valence-electron chi connectivity index (χ1n) is 10.7. The molecule has 3 aromatic rings. The van der Waals surface area contributed by atoms with Crippen LogP contribution in [0, 0.1) is 12.8 Å². The van der Waals surface area contributed by atoms with Crippen LogP contribution < -0.4 is 5.32 Å². The van der Waals surface area contributed by atoms with Crippen molar-refractivity contribution in [2.75, 3.05) is 29.9 Å². The maximum atomic E-state index is 12.1. The summed E-state index contributed by atoms with van der Waals surface area (Å²) in [5, 5.41) is 2.94. The van der Waals surface area contributed by atoms with Gasteiger partial charge >= 0.3 is 0 Å². The molecule has 31 heavy (non-hydrogen) atoms. The molecule has 2 fully saturated rings. The zero-order chi connectivity index (χ0) is 21.6. The van der Waals surface area contributed by atoms with Crippen LogP contribution in [-0.4, -0.2) is 53.2 Å². The summed E-state index contributed by atoms with van der Waals surface area (Å²) >= 11 is 0. The van der Waals surface area contributed by atoms with E-state index in [0.29, 0.717) is 18.9 Å². The molecule has 2 aromatic heterocycles. The van der Waals surface area contributed by atoms with Crippen molar-refractivity contribution >= 4 is 27.2 Å². The minimum Gasteiger partial charge on any atom is -0.309 e. The molecule has 3 heterocycles. The van der Waals surface area contributed by atoms with Crippen LogP contribution in [0.1, 0.15) is 24.0 Å². The van der Waals surface area contributed by atoms with Crippen LogP contribution in [0.2, 0.25) is 0 Å². The second-order valence-electron chi connectivity index (χ2n) is 8.61. The average Bonchev–Trinajstić information content (AvgIpc) is 3.51. The molecule has 0 bridgehead atoms. The molecule has 0 spiro atoms. The highest BCUT2D eigenvalue weighted by Gasteiger charge is 2.30. The molecule has 1 aromatic carbocycles. The van der Waals surface area contributed by atoms with Crippen molar-refractivity contribution in [3.63, 3.8) is 0 Å². The molecule has 5 rings (SSSR count). The summed E-state index contributed by atoms with van der Waals surface area (Å²) in [6.45, 7) is 3.95. The normalized spacial score (nSPS) is 18.9. The Labute approximate surface area is 182 Å². The zero-order valence-corrected chi connectivity index (χ0v) is 18.4. The lowest BCUT2D eigenvalue weighted by molar-refractivity contribution is -0.117. The molecule has 7 nitrogen and oxygen atoms in total. The number of benzene rings is 1. The minimum atomic E-state index is -2.86. The number of pyridine rings is 1. The van der Waals surface area contributed by atoms with Crippen molar-refractivity contribution < 1.29 is 13.2 Å². The summed E-state index contributed by atoms with van der Waals surface area (Å²) in [5.41, 5.74) is 5.12. The highest BCUT2D eigenvalue weighted by atomic mass is 32.2. The third-order valence-corrected chi connectivity index (χ3v) is 7.71. The Bertz CT molecular complexity index is 1230. The monoisotopic (exact) mass is 438 g/mol. The molecule has 1 saturated heterocycles. The van der Waals surface area contributed by atoms with E-state index in [1.54, 1.807) is 0 Å². The number of hydrogen-bond donors (Lipinski definition) is 1. The highest BCUT2D eigenvalue weighted by Crippen LogP contribution is 2.31. The van der Waals surface area contributed by atoms with Gasteiger partial charge in [-0.2, -0.15) is 0 Å². The van der Waals surface area contributed by atoms with Gasteiger partial charge in [0.2, 0.25) is 5.91 Å². The van der Waals surface area contributed by atoms with Crippen LogP contribution >= 0.6 is 0 Å². The van der Waals surface area contributed by atoms with Gasteiger partial charge in [-0.25, -0.2) is 13.4 Å². The van der Waals surface area contributed by atoms with Crippen LogP contribution in [-0.2, 0) is 21.2 Å². The molecule has 0 atom stereocenters. The number of sulfone groups is 1. The van der Waals surface area contributed by atoms with Crippen molar-refractivity contribution in [3.8, 4) is 11.3 Å². The molecule has 1 aliphatic heterocycles. The van der Waals surface area contributed by atoms with Crippen molar-refractivity contribution in [1.82, 2.24) is 14.3 Å². The predicted octanol–water partition coefficient (Wildman–Crippen LogP) is 2.89. The van der Waals surface area contributed by atoms with Gasteiger partial charge in [-0.1, -0.05) is 30.3 Å². The van der Waals surface area contributed by atoms with Crippen molar-refractivity contribution in [1.29, 1.82) is 0 Å². The zero-order valence-electron chi connectivity index (χ0n) is 17.5. The van der Waals surface area contributed by atoms with E-state index in [1.807, 2.05) is 23.6 Å². The summed E-state index contributed by atoms with van der Waals surface area (Å²) in [4.78, 5) is 18.9. The van der Waals surface area contributed by atoms with Gasteiger partial charge < -0.3 is 5.32 Å². The van der Waals surface area contributed by atoms with E-state index in [-0.39, 0.29) is 23.3 Å². The van der Waals surface area contributed by atoms with Gasteiger partial charge in [0.15, 0.2) is 15.7 Å². The third kappa shape index (κ3) is 4.36. The number of fused-ring (bicyclic) bond motifs is 1. The van der Waals surface area contributed by atoms with E-state index in [0.717, 1.165) is 47.4 Å². The Balaban J connectivity index is 1.36. The number of rotatable bonds is 5. The third-order valence-electron chi connectivity index (χ3n) is 6.10. The van der Waals surface area contributed by atoms with Gasteiger partial charge in [0.25, 0.3) is 0 Å². The molecule has 8 heteroatoms. The van der Waals surface area contributed by atoms with E-state index < -0.39 is 9.84 Å². The van der Waals surface area contributed by atoms with Crippen LogP contribution in [0.3, 0.4) is 0 Å².